The van der Waals surface area contributed by atoms with Crippen LogP contribution < -0.4 is 5.32 Å². The summed E-state index contributed by atoms with van der Waals surface area (Å²) in [6.45, 7) is 12.9. The number of rotatable bonds is 7. The zero-order valence-electron chi connectivity index (χ0n) is 17.7. The highest BCUT2D eigenvalue weighted by Crippen LogP contribution is 2.30. The third kappa shape index (κ3) is 5.42. The van der Waals surface area contributed by atoms with Crippen LogP contribution in [-0.4, -0.2) is 42.0 Å². The molecular weight excluding hydrogens is 366 g/mol. The van der Waals surface area contributed by atoms with Crippen molar-refractivity contribution in [3.05, 3.63) is 40.4 Å². The molecule has 3 rings (SSSR count). The van der Waals surface area contributed by atoms with Crippen molar-refractivity contribution in [2.45, 2.75) is 58.8 Å². The first-order chi connectivity index (χ1) is 13.3. The van der Waals surface area contributed by atoms with Gasteiger partial charge in [-0.05, 0) is 63.2 Å². The zero-order chi connectivity index (χ0) is 20.1. The average Bonchev–Trinajstić information content (AvgIpc) is 3.30. The molecular formula is C23H33N3OS. The second-order valence-corrected chi connectivity index (χ2v) is 9.77. The summed E-state index contributed by atoms with van der Waals surface area (Å²) < 4.78 is 0. The Balaban J connectivity index is 1.53. The summed E-state index contributed by atoms with van der Waals surface area (Å²) in [5, 5.41) is 3.99. The normalized spacial score (nSPS) is 15.1. The van der Waals surface area contributed by atoms with Crippen molar-refractivity contribution in [3.63, 3.8) is 0 Å². The van der Waals surface area contributed by atoms with E-state index < -0.39 is 0 Å². The van der Waals surface area contributed by atoms with Gasteiger partial charge in [0, 0.05) is 12.1 Å². The van der Waals surface area contributed by atoms with Crippen LogP contribution in [0.3, 0.4) is 0 Å². The van der Waals surface area contributed by atoms with Crippen molar-refractivity contribution >= 4 is 17.2 Å². The Kier molecular flexibility index (Phi) is 6.89. The van der Waals surface area contributed by atoms with Gasteiger partial charge in [0.25, 0.3) is 5.91 Å². The topological polar surface area (TPSA) is 45.2 Å². The minimum absolute atomic E-state index is 0.00809. The second kappa shape index (κ2) is 9.19. The SMILES string of the molecule is Cc1nc(-c2ccc(C(C)(C)C)cc2)sc1C(=O)NCCCCN1CCCC1. The molecule has 2 heterocycles. The summed E-state index contributed by atoms with van der Waals surface area (Å²) in [5.74, 6) is 0.00809. The highest BCUT2D eigenvalue weighted by molar-refractivity contribution is 7.17. The standard InChI is InChI=1S/C23H33N3OS/c1-17-20(21(27)24-13-5-6-14-26-15-7-8-16-26)28-22(25-17)18-9-11-19(12-10-18)23(2,3)4/h9-12H,5-8,13-16H2,1-4H3,(H,24,27). The number of nitrogens with one attached hydrogen (secondary N) is 1. The van der Waals surface area contributed by atoms with Gasteiger partial charge in [0.2, 0.25) is 0 Å². The maximum Gasteiger partial charge on any atom is 0.263 e. The quantitative estimate of drug-likeness (QED) is 0.665. The van der Waals surface area contributed by atoms with E-state index in [0.29, 0.717) is 0 Å². The first kappa shape index (κ1) is 21.0. The molecule has 0 bridgehead atoms. The van der Waals surface area contributed by atoms with Crippen LogP contribution in [0.1, 0.15) is 67.4 Å². The van der Waals surface area contributed by atoms with Crippen molar-refractivity contribution in [3.8, 4) is 10.6 Å². The molecule has 1 saturated heterocycles. The van der Waals surface area contributed by atoms with E-state index in [1.165, 1.54) is 42.8 Å². The van der Waals surface area contributed by atoms with Crippen LogP contribution in [0.5, 0.6) is 0 Å². The Bertz CT molecular complexity index is 783. The summed E-state index contributed by atoms with van der Waals surface area (Å²) in [5.41, 5.74) is 3.33. The van der Waals surface area contributed by atoms with Crippen LogP contribution in [0.4, 0.5) is 0 Å². The van der Waals surface area contributed by atoms with Gasteiger partial charge in [0.1, 0.15) is 9.88 Å². The summed E-state index contributed by atoms with van der Waals surface area (Å²) >= 11 is 1.49. The van der Waals surface area contributed by atoms with Crippen LogP contribution in [0, 0.1) is 6.92 Å². The Labute approximate surface area is 173 Å². The maximum atomic E-state index is 12.6. The van der Waals surface area contributed by atoms with Crippen LogP contribution in [0.25, 0.3) is 10.6 Å². The van der Waals surface area contributed by atoms with Crippen molar-refractivity contribution in [1.29, 1.82) is 0 Å². The lowest BCUT2D eigenvalue weighted by molar-refractivity contribution is 0.0956. The number of amides is 1. The van der Waals surface area contributed by atoms with Crippen molar-refractivity contribution in [2.24, 2.45) is 0 Å². The van der Waals surface area contributed by atoms with Crippen molar-refractivity contribution < 1.29 is 4.79 Å². The number of hydrogen-bond donors (Lipinski definition) is 1. The molecule has 28 heavy (non-hydrogen) atoms. The van der Waals surface area contributed by atoms with E-state index in [1.54, 1.807) is 0 Å². The number of thiazole rings is 1. The van der Waals surface area contributed by atoms with Crippen molar-refractivity contribution in [1.82, 2.24) is 15.2 Å². The van der Waals surface area contributed by atoms with E-state index >= 15 is 0 Å². The second-order valence-electron chi connectivity index (χ2n) is 8.77. The van der Waals surface area contributed by atoms with E-state index in [-0.39, 0.29) is 11.3 Å². The highest BCUT2D eigenvalue weighted by Gasteiger charge is 2.17. The molecule has 1 N–H and O–H groups in total. The Morgan fingerprint density at radius 2 is 1.82 bits per heavy atom. The number of benzene rings is 1. The van der Waals surface area contributed by atoms with Crippen LogP contribution in [-0.2, 0) is 5.41 Å². The van der Waals surface area contributed by atoms with E-state index in [2.05, 4.69) is 60.2 Å². The molecule has 5 heteroatoms. The fraction of sp³-hybridized carbons (Fsp3) is 0.565. The number of aromatic nitrogens is 1. The molecule has 0 unspecified atom stereocenters. The van der Waals surface area contributed by atoms with Gasteiger partial charge in [-0.1, -0.05) is 45.0 Å². The lowest BCUT2D eigenvalue weighted by Crippen LogP contribution is -2.26. The highest BCUT2D eigenvalue weighted by atomic mass is 32.1. The first-order valence-corrected chi connectivity index (χ1v) is 11.2. The molecule has 1 aliphatic rings. The fourth-order valence-electron chi connectivity index (χ4n) is 3.59. The molecule has 2 aromatic rings. The van der Waals surface area contributed by atoms with Gasteiger partial charge >= 0.3 is 0 Å². The van der Waals surface area contributed by atoms with Gasteiger partial charge < -0.3 is 10.2 Å². The molecule has 4 nitrogen and oxygen atoms in total. The molecule has 152 valence electrons. The van der Waals surface area contributed by atoms with Gasteiger partial charge in [-0.3, -0.25) is 4.79 Å². The number of carbonyl (C=O) groups is 1. The predicted octanol–water partition coefficient (Wildman–Crippen LogP) is 5.02. The Morgan fingerprint density at radius 1 is 1.14 bits per heavy atom. The number of carbonyl (C=O) groups excluding carboxylic acids is 1. The average molecular weight is 400 g/mol. The largest absolute Gasteiger partial charge is 0.351 e. The molecule has 0 spiro atoms. The third-order valence-electron chi connectivity index (χ3n) is 5.39. The van der Waals surface area contributed by atoms with Gasteiger partial charge in [-0.2, -0.15) is 0 Å². The Hall–Kier alpha value is -1.72. The molecule has 1 aliphatic heterocycles. The minimum Gasteiger partial charge on any atom is -0.351 e. The summed E-state index contributed by atoms with van der Waals surface area (Å²) in [6, 6.07) is 8.54. The molecule has 0 saturated carbocycles. The molecule has 1 amide bonds. The van der Waals surface area contributed by atoms with E-state index in [4.69, 9.17) is 0 Å². The molecule has 0 aliphatic carbocycles. The van der Waals surface area contributed by atoms with Crippen molar-refractivity contribution in [2.75, 3.05) is 26.2 Å². The van der Waals surface area contributed by atoms with Crippen LogP contribution in [0.15, 0.2) is 24.3 Å². The zero-order valence-corrected chi connectivity index (χ0v) is 18.5. The molecule has 0 atom stereocenters. The molecule has 1 fully saturated rings. The van der Waals surface area contributed by atoms with E-state index in [9.17, 15) is 4.79 Å². The summed E-state index contributed by atoms with van der Waals surface area (Å²) in [6.07, 6.45) is 4.85. The minimum atomic E-state index is 0.00809. The summed E-state index contributed by atoms with van der Waals surface area (Å²) in [7, 11) is 0. The van der Waals surface area contributed by atoms with Crippen LogP contribution in [0.2, 0.25) is 0 Å². The lowest BCUT2D eigenvalue weighted by Gasteiger charge is -2.18. The van der Waals surface area contributed by atoms with Gasteiger partial charge in [0.05, 0.1) is 5.69 Å². The number of nitrogens with zero attached hydrogens (tertiary/aromatic N) is 2. The maximum absolute atomic E-state index is 12.6. The number of likely N-dealkylation sites (tertiary alicyclic amines) is 1. The van der Waals surface area contributed by atoms with E-state index in [0.717, 1.165) is 47.1 Å². The van der Waals surface area contributed by atoms with E-state index in [1.807, 2.05) is 6.92 Å². The predicted molar refractivity (Wildman–Crippen MR) is 118 cm³/mol. The fourth-order valence-corrected chi connectivity index (χ4v) is 4.58. The third-order valence-corrected chi connectivity index (χ3v) is 6.59. The van der Waals surface area contributed by atoms with Crippen LogP contribution >= 0.6 is 11.3 Å². The number of unbranched alkanes of at least 4 members (excludes halogenated alkanes) is 1. The first-order valence-electron chi connectivity index (χ1n) is 10.4. The Morgan fingerprint density at radius 3 is 2.46 bits per heavy atom. The molecule has 0 radical (unpaired) electrons. The molecule has 1 aromatic carbocycles. The van der Waals surface area contributed by atoms with Gasteiger partial charge in [0.15, 0.2) is 0 Å². The molecule has 1 aromatic heterocycles. The number of hydrogen-bond acceptors (Lipinski definition) is 4. The smallest absolute Gasteiger partial charge is 0.263 e. The summed E-state index contributed by atoms with van der Waals surface area (Å²) in [4.78, 5) is 20.5. The monoisotopic (exact) mass is 399 g/mol. The lowest BCUT2D eigenvalue weighted by atomic mass is 9.87. The van der Waals surface area contributed by atoms with Gasteiger partial charge in [-0.25, -0.2) is 4.98 Å². The van der Waals surface area contributed by atoms with Gasteiger partial charge in [-0.15, -0.1) is 11.3 Å². The number of aryl methyl sites for hydroxylation is 1.